The van der Waals surface area contributed by atoms with Crippen LogP contribution in [0.1, 0.15) is 20.3 Å². The number of rotatable bonds is 2. The van der Waals surface area contributed by atoms with Crippen LogP contribution in [-0.4, -0.2) is 13.1 Å². The Kier molecular flexibility index (Phi) is 2.32. The summed E-state index contributed by atoms with van der Waals surface area (Å²) in [7, 11) is 1.44. The van der Waals surface area contributed by atoms with Gasteiger partial charge in [0.15, 0.2) is 0 Å². The van der Waals surface area contributed by atoms with Crippen molar-refractivity contribution in [2.45, 2.75) is 20.3 Å². The molecule has 1 fully saturated rings. The first kappa shape index (κ1) is 8.31. The van der Waals surface area contributed by atoms with E-state index in [1.807, 2.05) is 13.8 Å². The maximum Gasteiger partial charge on any atom is 0.309 e. The summed E-state index contributed by atoms with van der Waals surface area (Å²) >= 11 is 0. The molecule has 0 aromatic rings. The summed E-state index contributed by atoms with van der Waals surface area (Å²) in [5.74, 6) is 0.537. The number of hydrogen-bond donors (Lipinski definition) is 0. The Balaban J connectivity index is 2.38. The molecule has 0 heterocycles. The molecular weight excluding hydrogens is 140 g/mol. The molecule has 1 rings (SSSR count). The highest BCUT2D eigenvalue weighted by Crippen LogP contribution is 2.41. The summed E-state index contributed by atoms with van der Waals surface area (Å²) < 4.78 is 4.62. The summed E-state index contributed by atoms with van der Waals surface area (Å²) in [5.41, 5.74) is 1.28. The van der Waals surface area contributed by atoms with E-state index in [-0.39, 0.29) is 11.9 Å². The molecule has 0 bridgehead atoms. The van der Waals surface area contributed by atoms with Gasteiger partial charge in [-0.15, -0.1) is 0 Å². The van der Waals surface area contributed by atoms with E-state index in [1.54, 1.807) is 0 Å². The Bertz CT molecular complexity index is 190. The molecule has 62 valence electrons. The average Bonchev–Trinajstić information content (AvgIpc) is 2.65. The summed E-state index contributed by atoms with van der Waals surface area (Å²) in [6.45, 7) is 4.10. The van der Waals surface area contributed by atoms with Gasteiger partial charge in [-0.1, -0.05) is 11.6 Å². The van der Waals surface area contributed by atoms with Gasteiger partial charge in [-0.3, -0.25) is 4.79 Å². The molecule has 1 saturated carbocycles. The molecule has 0 unspecified atom stereocenters. The van der Waals surface area contributed by atoms with Crippen molar-refractivity contribution in [2.75, 3.05) is 7.11 Å². The highest BCUT2D eigenvalue weighted by atomic mass is 16.5. The number of allylic oxidation sites excluding steroid dienone is 2. The number of esters is 1. The van der Waals surface area contributed by atoms with Gasteiger partial charge in [-0.2, -0.15) is 0 Å². The van der Waals surface area contributed by atoms with Gasteiger partial charge in [-0.05, 0) is 26.2 Å². The molecule has 0 radical (unpaired) electrons. The second kappa shape index (κ2) is 3.07. The van der Waals surface area contributed by atoms with Crippen LogP contribution in [0.25, 0.3) is 0 Å². The predicted octanol–water partition coefficient (Wildman–Crippen LogP) is 1.76. The van der Waals surface area contributed by atoms with Crippen molar-refractivity contribution in [3.63, 3.8) is 0 Å². The highest BCUT2D eigenvalue weighted by molar-refractivity contribution is 5.76. The second-order valence-corrected chi connectivity index (χ2v) is 3.27. The van der Waals surface area contributed by atoms with E-state index < -0.39 is 0 Å². The van der Waals surface area contributed by atoms with Gasteiger partial charge in [0.1, 0.15) is 0 Å². The van der Waals surface area contributed by atoms with Crippen molar-refractivity contribution in [2.24, 2.45) is 11.8 Å². The van der Waals surface area contributed by atoms with Crippen molar-refractivity contribution < 1.29 is 9.53 Å². The van der Waals surface area contributed by atoms with Gasteiger partial charge in [0.05, 0.1) is 13.0 Å². The number of methoxy groups -OCH3 is 1. The summed E-state index contributed by atoms with van der Waals surface area (Å²) in [6, 6.07) is 0. The lowest BCUT2D eigenvalue weighted by Gasteiger charge is -1.93. The van der Waals surface area contributed by atoms with E-state index in [9.17, 15) is 4.79 Å². The molecular formula is C9H14O2. The van der Waals surface area contributed by atoms with Gasteiger partial charge in [0, 0.05) is 0 Å². The molecule has 1 aliphatic rings. The topological polar surface area (TPSA) is 26.3 Å². The summed E-state index contributed by atoms with van der Waals surface area (Å²) in [4.78, 5) is 10.9. The molecule has 0 aromatic carbocycles. The Hall–Kier alpha value is -0.790. The average molecular weight is 154 g/mol. The molecule has 0 aromatic heterocycles. The SMILES string of the molecule is COC(=O)[C@@H]1C[C@H]1C=C(C)C. The monoisotopic (exact) mass is 154 g/mol. The standard InChI is InChI=1S/C9H14O2/c1-6(2)4-7-5-8(7)9(10)11-3/h4,7-8H,5H2,1-3H3/t7-,8-/m1/s1. The first-order valence-electron chi connectivity index (χ1n) is 3.88. The fraction of sp³-hybridized carbons (Fsp3) is 0.667. The van der Waals surface area contributed by atoms with E-state index in [0.29, 0.717) is 5.92 Å². The third-order valence-corrected chi connectivity index (χ3v) is 1.89. The Morgan fingerprint density at radius 1 is 1.55 bits per heavy atom. The highest BCUT2D eigenvalue weighted by Gasteiger charge is 2.42. The first-order valence-corrected chi connectivity index (χ1v) is 3.88. The van der Waals surface area contributed by atoms with Crippen molar-refractivity contribution in [3.05, 3.63) is 11.6 Å². The lowest BCUT2D eigenvalue weighted by atomic mass is 10.2. The van der Waals surface area contributed by atoms with Crippen LogP contribution >= 0.6 is 0 Å². The minimum Gasteiger partial charge on any atom is -0.469 e. The number of ether oxygens (including phenoxy) is 1. The molecule has 2 nitrogen and oxygen atoms in total. The van der Waals surface area contributed by atoms with Crippen molar-refractivity contribution >= 4 is 5.97 Å². The third-order valence-electron chi connectivity index (χ3n) is 1.89. The number of carbonyl (C=O) groups is 1. The van der Waals surface area contributed by atoms with Gasteiger partial charge < -0.3 is 4.74 Å². The van der Waals surface area contributed by atoms with Gasteiger partial charge >= 0.3 is 5.97 Å². The van der Waals surface area contributed by atoms with E-state index in [0.717, 1.165) is 6.42 Å². The van der Waals surface area contributed by atoms with E-state index in [4.69, 9.17) is 0 Å². The maximum atomic E-state index is 10.9. The normalized spacial score (nSPS) is 27.5. The largest absolute Gasteiger partial charge is 0.469 e. The first-order chi connectivity index (χ1) is 5.15. The lowest BCUT2D eigenvalue weighted by Crippen LogP contribution is -2.03. The quantitative estimate of drug-likeness (QED) is 0.447. The van der Waals surface area contributed by atoms with Crippen molar-refractivity contribution in [3.8, 4) is 0 Å². The van der Waals surface area contributed by atoms with Crippen LogP contribution < -0.4 is 0 Å². The Morgan fingerprint density at radius 3 is 2.64 bits per heavy atom. The summed E-state index contributed by atoms with van der Waals surface area (Å²) in [6.07, 6.45) is 3.11. The van der Waals surface area contributed by atoms with Crippen LogP contribution in [-0.2, 0) is 9.53 Å². The van der Waals surface area contributed by atoms with Crippen molar-refractivity contribution in [1.29, 1.82) is 0 Å². The fourth-order valence-electron chi connectivity index (χ4n) is 1.25. The molecule has 0 spiro atoms. The molecule has 0 amide bonds. The minimum absolute atomic E-state index is 0.0625. The zero-order chi connectivity index (χ0) is 8.43. The third kappa shape index (κ3) is 2.07. The van der Waals surface area contributed by atoms with Gasteiger partial charge in [0.25, 0.3) is 0 Å². The lowest BCUT2D eigenvalue weighted by molar-refractivity contribution is -0.142. The number of hydrogen-bond acceptors (Lipinski definition) is 2. The van der Waals surface area contributed by atoms with E-state index in [1.165, 1.54) is 12.7 Å². The molecule has 2 heteroatoms. The minimum atomic E-state index is -0.0625. The van der Waals surface area contributed by atoms with E-state index >= 15 is 0 Å². The van der Waals surface area contributed by atoms with Crippen LogP contribution in [0.4, 0.5) is 0 Å². The Labute approximate surface area is 67.2 Å². The predicted molar refractivity (Wildman–Crippen MR) is 43.0 cm³/mol. The number of carbonyl (C=O) groups excluding carboxylic acids is 1. The zero-order valence-corrected chi connectivity index (χ0v) is 7.26. The van der Waals surface area contributed by atoms with Crippen LogP contribution in [0, 0.1) is 11.8 Å². The summed E-state index contributed by atoms with van der Waals surface area (Å²) in [5, 5.41) is 0. The van der Waals surface area contributed by atoms with Crippen LogP contribution in [0.5, 0.6) is 0 Å². The van der Waals surface area contributed by atoms with Crippen LogP contribution in [0.3, 0.4) is 0 Å². The smallest absolute Gasteiger partial charge is 0.309 e. The van der Waals surface area contributed by atoms with Crippen molar-refractivity contribution in [1.82, 2.24) is 0 Å². The van der Waals surface area contributed by atoms with Crippen LogP contribution in [0.15, 0.2) is 11.6 Å². The molecule has 2 atom stereocenters. The second-order valence-electron chi connectivity index (χ2n) is 3.27. The molecule has 0 N–H and O–H groups in total. The Morgan fingerprint density at radius 2 is 2.18 bits per heavy atom. The maximum absolute atomic E-state index is 10.9. The molecule has 0 saturated heterocycles. The molecule has 11 heavy (non-hydrogen) atoms. The fourth-order valence-corrected chi connectivity index (χ4v) is 1.25. The zero-order valence-electron chi connectivity index (χ0n) is 7.26. The van der Waals surface area contributed by atoms with Crippen LogP contribution in [0.2, 0.25) is 0 Å². The molecule has 0 aliphatic heterocycles. The van der Waals surface area contributed by atoms with Gasteiger partial charge in [-0.25, -0.2) is 0 Å². The molecule has 1 aliphatic carbocycles. The van der Waals surface area contributed by atoms with E-state index in [2.05, 4.69) is 10.8 Å². The van der Waals surface area contributed by atoms with Gasteiger partial charge in [0.2, 0.25) is 0 Å².